The molecule has 1 saturated heterocycles. The van der Waals surface area contributed by atoms with Gasteiger partial charge in [0.1, 0.15) is 11.8 Å². The number of aromatic nitrogens is 1. The zero-order chi connectivity index (χ0) is 30.7. The molecule has 0 saturated carbocycles. The van der Waals surface area contributed by atoms with Crippen LogP contribution in [0.15, 0.2) is 65.2 Å². The molecular formula is C32H40N4O5S. The van der Waals surface area contributed by atoms with Gasteiger partial charge in [-0.25, -0.2) is 0 Å². The van der Waals surface area contributed by atoms with Gasteiger partial charge in [0.15, 0.2) is 11.8 Å². The van der Waals surface area contributed by atoms with Crippen molar-refractivity contribution in [3.63, 3.8) is 0 Å². The van der Waals surface area contributed by atoms with Crippen molar-refractivity contribution in [3.05, 3.63) is 88.8 Å². The SMILES string of the molecule is Cc1ccccc1CNC(=O)[C@H]1N(C(=O)[C@@H](O)[C@H](Cc2ccccc2)NC(=O)c2cc(C(C)(C)C)on2)CSC1(C)C. The first kappa shape index (κ1) is 31.3. The van der Waals surface area contributed by atoms with Crippen LogP contribution in [0.2, 0.25) is 0 Å². The second kappa shape index (κ2) is 12.7. The van der Waals surface area contributed by atoms with E-state index in [2.05, 4.69) is 15.8 Å². The minimum atomic E-state index is -1.61. The van der Waals surface area contributed by atoms with Gasteiger partial charge in [0.2, 0.25) is 5.91 Å². The van der Waals surface area contributed by atoms with Crippen LogP contribution in [0.3, 0.4) is 0 Å². The highest BCUT2D eigenvalue weighted by Crippen LogP contribution is 2.40. The van der Waals surface area contributed by atoms with Gasteiger partial charge in [0.25, 0.3) is 11.8 Å². The third-order valence-corrected chi connectivity index (χ3v) is 8.90. The smallest absolute Gasteiger partial charge is 0.273 e. The molecular weight excluding hydrogens is 552 g/mol. The summed E-state index contributed by atoms with van der Waals surface area (Å²) in [6, 6.07) is 16.9. The quantitative estimate of drug-likeness (QED) is 0.343. The third kappa shape index (κ3) is 7.22. The van der Waals surface area contributed by atoms with E-state index in [1.54, 1.807) is 6.07 Å². The van der Waals surface area contributed by atoms with Crippen LogP contribution in [-0.2, 0) is 28.0 Å². The molecule has 1 aliphatic heterocycles. The second-order valence-electron chi connectivity index (χ2n) is 12.3. The van der Waals surface area contributed by atoms with Gasteiger partial charge in [-0.1, -0.05) is 80.5 Å². The summed E-state index contributed by atoms with van der Waals surface area (Å²) in [5.41, 5.74) is 2.58. The van der Waals surface area contributed by atoms with E-state index in [0.717, 1.165) is 16.7 Å². The van der Waals surface area contributed by atoms with Crippen LogP contribution in [0, 0.1) is 6.92 Å². The number of aliphatic hydroxyl groups excluding tert-OH is 1. The summed E-state index contributed by atoms with van der Waals surface area (Å²) < 4.78 is 4.78. The first-order valence-corrected chi connectivity index (χ1v) is 15.0. The van der Waals surface area contributed by atoms with Gasteiger partial charge in [-0.2, -0.15) is 0 Å². The van der Waals surface area contributed by atoms with Crippen LogP contribution in [0.1, 0.15) is 67.6 Å². The molecule has 0 aliphatic carbocycles. The topological polar surface area (TPSA) is 125 Å². The summed E-state index contributed by atoms with van der Waals surface area (Å²) >= 11 is 1.47. The molecule has 3 aromatic rings. The Morgan fingerprint density at radius 1 is 1.12 bits per heavy atom. The fourth-order valence-electron chi connectivity index (χ4n) is 4.93. The van der Waals surface area contributed by atoms with Crippen molar-refractivity contribution in [2.24, 2.45) is 0 Å². The normalized spacial score (nSPS) is 17.9. The molecule has 1 fully saturated rings. The van der Waals surface area contributed by atoms with E-state index < -0.39 is 34.7 Å². The van der Waals surface area contributed by atoms with Gasteiger partial charge in [0, 0.05) is 22.8 Å². The number of benzene rings is 2. The van der Waals surface area contributed by atoms with Gasteiger partial charge in [0.05, 0.1) is 11.9 Å². The molecule has 0 unspecified atom stereocenters. The Balaban J connectivity index is 1.54. The molecule has 0 bridgehead atoms. The fraction of sp³-hybridized carbons (Fsp3) is 0.438. The lowest BCUT2D eigenvalue weighted by Crippen LogP contribution is -2.58. The van der Waals surface area contributed by atoms with Crippen molar-refractivity contribution in [3.8, 4) is 0 Å². The standard InChI is InChI=1S/C32H40N4O5S/c1-20-12-10-11-15-22(20)18-33-29(39)27-32(5,6)42-19-36(27)30(40)26(37)23(16-21-13-8-7-9-14-21)34-28(38)24-17-25(41-35-24)31(2,3)4/h7-15,17,23,26-27,37H,16,18-19H2,1-6H3,(H,33,39)(H,34,38)/t23-,26-,27+/m0/s1. The molecule has 9 nitrogen and oxygen atoms in total. The molecule has 4 rings (SSSR count). The minimum absolute atomic E-state index is 0.0592. The van der Waals surface area contributed by atoms with Gasteiger partial charge in [-0.15, -0.1) is 11.8 Å². The highest BCUT2D eigenvalue weighted by molar-refractivity contribution is 8.00. The molecule has 224 valence electrons. The van der Waals surface area contributed by atoms with Crippen molar-refractivity contribution < 1.29 is 24.0 Å². The number of rotatable bonds is 9. The Hall–Kier alpha value is -3.63. The van der Waals surface area contributed by atoms with E-state index in [9.17, 15) is 19.5 Å². The number of carbonyl (C=O) groups excluding carboxylic acids is 3. The predicted molar refractivity (Wildman–Crippen MR) is 163 cm³/mol. The molecule has 10 heteroatoms. The summed E-state index contributed by atoms with van der Waals surface area (Å²) in [5, 5.41) is 21.1. The lowest BCUT2D eigenvalue weighted by molar-refractivity contribution is -0.147. The Morgan fingerprint density at radius 3 is 2.43 bits per heavy atom. The number of carbonyl (C=O) groups is 3. The maximum Gasteiger partial charge on any atom is 0.273 e. The molecule has 2 heterocycles. The van der Waals surface area contributed by atoms with Crippen LogP contribution in [0.5, 0.6) is 0 Å². The number of aliphatic hydroxyl groups is 1. The lowest BCUT2D eigenvalue weighted by Gasteiger charge is -2.33. The van der Waals surface area contributed by atoms with Gasteiger partial charge in [-0.05, 0) is 43.9 Å². The summed E-state index contributed by atoms with van der Waals surface area (Å²) in [5.74, 6) is -0.712. The number of nitrogens with zero attached hydrogens (tertiary/aromatic N) is 2. The van der Waals surface area contributed by atoms with E-state index in [1.165, 1.54) is 16.7 Å². The number of hydrogen-bond acceptors (Lipinski definition) is 7. The Morgan fingerprint density at radius 2 is 1.79 bits per heavy atom. The molecule has 0 radical (unpaired) electrons. The van der Waals surface area contributed by atoms with E-state index >= 15 is 0 Å². The first-order chi connectivity index (χ1) is 19.8. The van der Waals surface area contributed by atoms with Crippen LogP contribution >= 0.6 is 11.8 Å². The van der Waals surface area contributed by atoms with Crippen molar-refractivity contribution in [2.45, 2.75) is 82.9 Å². The summed E-state index contributed by atoms with van der Waals surface area (Å²) in [4.78, 5) is 42.0. The van der Waals surface area contributed by atoms with Crippen molar-refractivity contribution >= 4 is 29.5 Å². The molecule has 1 aliphatic rings. The van der Waals surface area contributed by atoms with Gasteiger partial charge >= 0.3 is 0 Å². The number of thioether (sulfide) groups is 1. The van der Waals surface area contributed by atoms with Crippen molar-refractivity contribution in [2.75, 3.05) is 5.88 Å². The van der Waals surface area contributed by atoms with E-state index in [0.29, 0.717) is 12.3 Å². The van der Waals surface area contributed by atoms with E-state index in [4.69, 9.17) is 4.52 Å². The minimum Gasteiger partial charge on any atom is -0.381 e. The van der Waals surface area contributed by atoms with Crippen molar-refractivity contribution in [1.82, 2.24) is 20.7 Å². The van der Waals surface area contributed by atoms with Crippen LogP contribution in [-0.4, -0.2) is 61.7 Å². The van der Waals surface area contributed by atoms with E-state index in [-0.39, 0.29) is 29.3 Å². The molecule has 42 heavy (non-hydrogen) atoms. The maximum atomic E-state index is 13.9. The fourth-order valence-corrected chi connectivity index (χ4v) is 6.07. The zero-order valence-electron chi connectivity index (χ0n) is 25.0. The number of amides is 3. The molecule has 3 atom stereocenters. The van der Waals surface area contributed by atoms with Crippen molar-refractivity contribution in [1.29, 1.82) is 0 Å². The Labute approximate surface area is 251 Å². The summed E-state index contributed by atoms with van der Waals surface area (Å²) in [6.45, 7) is 12.0. The second-order valence-corrected chi connectivity index (χ2v) is 13.9. The predicted octanol–water partition coefficient (Wildman–Crippen LogP) is 3.98. The monoisotopic (exact) mass is 592 g/mol. The number of hydrogen-bond donors (Lipinski definition) is 3. The Bertz CT molecular complexity index is 1420. The lowest BCUT2D eigenvalue weighted by atomic mass is 9.93. The maximum absolute atomic E-state index is 13.9. The van der Waals surface area contributed by atoms with Crippen LogP contribution in [0.25, 0.3) is 0 Å². The summed E-state index contributed by atoms with van der Waals surface area (Å²) in [6.07, 6.45) is -1.41. The number of aryl methyl sites for hydroxylation is 1. The molecule has 0 spiro atoms. The van der Waals surface area contributed by atoms with Gasteiger partial charge in [-0.3, -0.25) is 14.4 Å². The highest BCUT2D eigenvalue weighted by atomic mass is 32.2. The largest absolute Gasteiger partial charge is 0.381 e. The van der Waals surface area contributed by atoms with Gasteiger partial charge < -0.3 is 25.2 Å². The summed E-state index contributed by atoms with van der Waals surface area (Å²) in [7, 11) is 0. The Kier molecular flexibility index (Phi) is 9.47. The first-order valence-electron chi connectivity index (χ1n) is 14.0. The average Bonchev–Trinajstić information content (AvgIpc) is 3.57. The highest BCUT2D eigenvalue weighted by Gasteiger charge is 2.49. The molecule has 3 amide bonds. The molecule has 1 aromatic heterocycles. The zero-order valence-corrected chi connectivity index (χ0v) is 25.8. The third-order valence-electron chi connectivity index (χ3n) is 7.52. The van der Waals surface area contributed by atoms with E-state index in [1.807, 2.05) is 96.1 Å². The molecule has 3 N–H and O–H groups in total. The number of nitrogens with one attached hydrogen (secondary N) is 2. The van der Waals surface area contributed by atoms with Crippen LogP contribution < -0.4 is 10.6 Å². The average molecular weight is 593 g/mol. The molecule has 2 aromatic carbocycles. The van der Waals surface area contributed by atoms with Crippen LogP contribution in [0.4, 0.5) is 0 Å².